The number of hydrogen-bond donors (Lipinski definition) is 1. The second kappa shape index (κ2) is 7.28. The Morgan fingerprint density at radius 1 is 1.43 bits per heavy atom. The van der Waals surface area contributed by atoms with Gasteiger partial charge < -0.3 is 14.8 Å². The van der Waals surface area contributed by atoms with E-state index in [1.165, 1.54) is 5.69 Å². The van der Waals surface area contributed by atoms with Gasteiger partial charge in [0.2, 0.25) is 0 Å². The number of nitrogens with one attached hydrogen (secondary N) is 1. The van der Waals surface area contributed by atoms with E-state index in [0.29, 0.717) is 19.7 Å². The first-order valence-electron chi connectivity index (χ1n) is 7.80. The number of rotatable bonds is 6. The number of aromatic nitrogens is 2. The molecular formula is C17H21N3O3. The Hall–Kier alpha value is -2.34. The molecular weight excluding hydrogens is 294 g/mol. The Bertz CT molecular complexity index is 681. The van der Waals surface area contributed by atoms with E-state index in [4.69, 9.17) is 9.47 Å². The summed E-state index contributed by atoms with van der Waals surface area (Å²) in [5.74, 6) is 0.612. The first kappa shape index (κ1) is 15.6. The van der Waals surface area contributed by atoms with Crippen LogP contribution in [0, 0.1) is 6.92 Å². The van der Waals surface area contributed by atoms with Crippen LogP contribution >= 0.6 is 0 Å². The molecule has 6 nitrogen and oxygen atoms in total. The molecule has 2 heterocycles. The van der Waals surface area contributed by atoms with Gasteiger partial charge in [0, 0.05) is 24.2 Å². The van der Waals surface area contributed by atoms with Gasteiger partial charge in [-0.2, -0.15) is 5.10 Å². The molecule has 0 atom stereocenters. The minimum atomic E-state index is -0.127. The zero-order valence-corrected chi connectivity index (χ0v) is 13.2. The number of ether oxygens (including phenoxy) is 2. The molecule has 0 fully saturated rings. The highest BCUT2D eigenvalue weighted by Gasteiger charge is 2.15. The van der Waals surface area contributed by atoms with Crippen molar-refractivity contribution in [3.63, 3.8) is 0 Å². The maximum absolute atomic E-state index is 11.9. The van der Waals surface area contributed by atoms with Crippen molar-refractivity contribution in [1.29, 1.82) is 0 Å². The molecule has 0 saturated carbocycles. The van der Waals surface area contributed by atoms with Gasteiger partial charge in [0.1, 0.15) is 5.75 Å². The molecule has 0 aliphatic carbocycles. The minimum Gasteiger partial charge on any atom is -0.484 e. The number of amides is 1. The van der Waals surface area contributed by atoms with Gasteiger partial charge in [-0.15, -0.1) is 0 Å². The van der Waals surface area contributed by atoms with Crippen LogP contribution in [-0.4, -0.2) is 35.4 Å². The van der Waals surface area contributed by atoms with Crippen LogP contribution < -0.4 is 10.1 Å². The van der Waals surface area contributed by atoms with Crippen molar-refractivity contribution >= 4 is 5.91 Å². The number of carbonyl (C=O) groups excluding carboxylic acids is 1. The van der Waals surface area contributed by atoms with Crippen LogP contribution in [-0.2, 0) is 29.1 Å². The Morgan fingerprint density at radius 2 is 2.30 bits per heavy atom. The van der Waals surface area contributed by atoms with Crippen LogP contribution in [0.5, 0.6) is 5.75 Å². The maximum atomic E-state index is 11.9. The van der Waals surface area contributed by atoms with Crippen LogP contribution in [0.4, 0.5) is 0 Å². The predicted molar refractivity (Wildman–Crippen MR) is 85.3 cm³/mol. The Labute approximate surface area is 135 Å². The molecule has 1 amide bonds. The van der Waals surface area contributed by atoms with E-state index in [0.717, 1.165) is 29.9 Å². The number of para-hydroxylation sites is 1. The molecule has 6 heteroatoms. The summed E-state index contributed by atoms with van der Waals surface area (Å²) >= 11 is 0. The summed E-state index contributed by atoms with van der Waals surface area (Å²) in [5.41, 5.74) is 3.37. The summed E-state index contributed by atoms with van der Waals surface area (Å²) in [5, 5.41) is 7.22. The van der Waals surface area contributed by atoms with Gasteiger partial charge in [-0.3, -0.25) is 9.48 Å². The second-order valence-electron chi connectivity index (χ2n) is 5.55. The molecule has 0 spiro atoms. The second-order valence-corrected chi connectivity index (χ2v) is 5.55. The summed E-state index contributed by atoms with van der Waals surface area (Å²) in [4.78, 5) is 11.9. The third-order valence-electron chi connectivity index (χ3n) is 3.87. The van der Waals surface area contributed by atoms with Gasteiger partial charge >= 0.3 is 0 Å². The van der Waals surface area contributed by atoms with Crippen molar-refractivity contribution in [2.24, 2.45) is 0 Å². The van der Waals surface area contributed by atoms with E-state index in [9.17, 15) is 4.79 Å². The maximum Gasteiger partial charge on any atom is 0.258 e. The first-order valence-corrected chi connectivity index (χ1v) is 7.80. The lowest BCUT2D eigenvalue weighted by Crippen LogP contribution is -2.32. The molecule has 0 unspecified atom stereocenters. The Balaban J connectivity index is 1.43. The largest absolute Gasteiger partial charge is 0.484 e. The van der Waals surface area contributed by atoms with Crippen molar-refractivity contribution in [3.05, 3.63) is 47.3 Å². The highest BCUT2D eigenvalue weighted by molar-refractivity contribution is 5.77. The molecule has 2 aromatic rings. The van der Waals surface area contributed by atoms with Crippen molar-refractivity contribution in [3.8, 4) is 5.75 Å². The highest BCUT2D eigenvalue weighted by atomic mass is 16.5. The summed E-state index contributed by atoms with van der Waals surface area (Å²) in [7, 11) is 0. The Morgan fingerprint density at radius 3 is 3.17 bits per heavy atom. The van der Waals surface area contributed by atoms with E-state index in [2.05, 4.69) is 10.4 Å². The van der Waals surface area contributed by atoms with Crippen LogP contribution in [0.15, 0.2) is 30.5 Å². The van der Waals surface area contributed by atoms with E-state index >= 15 is 0 Å². The van der Waals surface area contributed by atoms with E-state index < -0.39 is 0 Å². The molecule has 0 radical (unpaired) electrons. The third kappa shape index (κ3) is 3.90. The SMILES string of the molecule is Cc1ccccc1OCC(=O)NCCn1ncc2c1CCOC2. The summed E-state index contributed by atoms with van der Waals surface area (Å²) in [6, 6.07) is 7.65. The summed E-state index contributed by atoms with van der Waals surface area (Å²) in [6.07, 6.45) is 2.72. The van der Waals surface area contributed by atoms with Gasteiger partial charge in [-0.25, -0.2) is 0 Å². The number of benzene rings is 1. The first-order chi connectivity index (χ1) is 11.2. The zero-order valence-electron chi connectivity index (χ0n) is 13.2. The standard InChI is InChI=1S/C17H21N3O3/c1-13-4-2-3-5-16(13)23-12-17(21)18-7-8-20-15-6-9-22-11-14(15)10-19-20/h2-5,10H,6-9,11-12H2,1H3,(H,18,21). The average Bonchev–Trinajstić information content (AvgIpc) is 2.98. The number of fused-ring (bicyclic) bond motifs is 1. The van der Waals surface area contributed by atoms with Gasteiger partial charge in [0.05, 0.1) is 26.0 Å². The quantitative estimate of drug-likeness (QED) is 0.876. The van der Waals surface area contributed by atoms with Gasteiger partial charge in [0.15, 0.2) is 6.61 Å². The monoisotopic (exact) mass is 315 g/mol. The average molecular weight is 315 g/mol. The normalized spacial score (nSPS) is 13.4. The van der Waals surface area contributed by atoms with Crippen molar-refractivity contribution in [2.75, 3.05) is 19.8 Å². The lowest BCUT2D eigenvalue weighted by atomic mass is 10.2. The molecule has 1 aromatic carbocycles. The smallest absolute Gasteiger partial charge is 0.258 e. The molecule has 1 N–H and O–H groups in total. The van der Waals surface area contributed by atoms with Gasteiger partial charge in [-0.05, 0) is 18.6 Å². The molecule has 122 valence electrons. The molecule has 3 rings (SSSR count). The van der Waals surface area contributed by atoms with Gasteiger partial charge in [0.25, 0.3) is 5.91 Å². The van der Waals surface area contributed by atoms with Gasteiger partial charge in [-0.1, -0.05) is 18.2 Å². The molecule has 0 bridgehead atoms. The summed E-state index contributed by atoms with van der Waals surface area (Å²) < 4.78 is 12.9. The van der Waals surface area contributed by atoms with Crippen molar-refractivity contribution in [2.45, 2.75) is 26.5 Å². The lowest BCUT2D eigenvalue weighted by molar-refractivity contribution is -0.123. The van der Waals surface area contributed by atoms with Crippen LogP contribution in [0.25, 0.3) is 0 Å². The summed E-state index contributed by atoms with van der Waals surface area (Å²) in [6.45, 7) is 4.53. The fraction of sp³-hybridized carbons (Fsp3) is 0.412. The number of carbonyl (C=O) groups is 1. The fourth-order valence-corrected chi connectivity index (χ4v) is 2.62. The van der Waals surface area contributed by atoms with E-state index in [1.807, 2.05) is 42.1 Å². The molecule has 1 aromatic heterocycles. The zero-order chi connectivity index (χ0) is 16.1. The van der Waals surface area contributed by atoms with Crippen molar-refractivity contribution in [1.82, 2.24) is 15.1 Å². The number of nitrogens with zero attached hydrogens (tertiary/aromatic N) is 2. The minimum absolute atomic E-state index is 0.0237. The third-order valence-corrected chi connectivity index (χ3v) is 3.87. The number of aryl methyl sites for hydroxylation is 1. The van der Waals surface area contributed by atoms with Crippen LogP contribution in [0.2, 0.25) is 0 Å². The molecule has 1 aliphatic rings. The fourth-order valence-electron chi connectivity index (χ4n) is 2.62. The van der Waals surface area contributed by atoms with Crippen LogP contribution in [0.3, 0.4) is 0 Å². The van der Waals surface area contributed by atoms with E-state index in [1.54, 1.807) is 0 Å². The molecule has 1 aliphatic heterocycles. The van der Waals surface area contributed by atoms with Crippen LogP contribution in [0.1, 0.15) is 16.8 Å². The Kier molecular flexibility index (Phi) is 4.92. The van der Waals surface area contributed by atoms with E-state index in [-0.39, 0.29) is 12.5 Å². The topological polar surface area (TPSA) is 65.4 Å². The lowest BCUT2D eigenvalue weighted by Gasteiger charge is -2.15. The molecule has 23 heavy (non-hydrogen) atoms. The number of hydrogen-bond acceptors (Lipinski definition) is 4. The predicted octanol–water partition coefficient (Wildman–Crippen LogP) is 1.46. The van der Waals surface area contributed by atoms with Crippen molar-refractivity contribution < 1.29 is 14.3 Å². The molecule has 0 saturated heterocycles. The highest BCUT2D eigenvalue weighted by Crippen LogP contribution is 2.16.